The second kappa shape index (κ2) is 4.85. The van der Waals surface area contributed by atoms with Crippen molar-refractivity contribution < 1.29 is 5.11 Å². The highest BCUT2D eigenvalue weighted by Gasteiger charge is 2.26. The molecule has 0 aliphatic heterocycles. The second-order valence-corrected chi connectivity index (χ2v) is 4.96. The van der Waals surface area contributed by atoms with Gasteiger partial charge >= 0.3 is 0 Å². The number of rotatable bonds is 4. The molecule has 0 amide bonds. The Labute approximate surface area is 96.9 Å². The van der Waals surface area contributed by atoms with Gasteiger partial charge in [-0.25, -0.2) is 0 Å². The summed E-state index contributed by atoms with van der Waals surface area (Å²) in [7, 11) is 2.12. The summed E-state index contributed by atoms with van der Waals surface area (Å²) in [5, 5.41) is 9.36. The molecule has 1 aromatic carbocycles. The molecule has 1 aliphatic carbocycles. The summed E-state index contributed by atoms with van der Waals surface area (Å²) < 4.78 is 0. The van der Waals surface area contributed by atoms with Crippen molar-refractivity contribution in [1.82, 2.24) is 4.90 Å². The monoisotopic (exact) mass is 220 g/mol. The van der Waals surface area contributed by atoms with Crippen LogP contribution in [0.1, 0.15) is 18.4 Å². The van der Waals surface area contributed by atoms with Gasteiger partial charge in [0.25, 0.3) is 0 Å². The van der Waals surface area contributed by atoms with Gasteiger partial charge in [0.1, 0.15) is 5.75 Å². The molecular formula is C13H20N2O. The smallest absolute Gasteiger partial charge is 0.115 e. The van der Waals surface area contributed by atoms with Gasteiger partial charge in [0.2, 0.25) is 0 Å². The van der Waals surface area contributed by atoms with E-state index in [1.807, 2.05) is 18.2 Å². The van der Waals surface area contributed by atoms with E-state index in [-0.39, 0.29) is 0 Å². The topological polar surface area (TPSA) is 49.5 Å². The standard InChI is InChI=1S/C13H20N2O/c1-15(9-11-5-12(14)6-11)8-10-3-2-4-13(16)7-10/h2-4,7,11-12,16H,5-6,8-9,14H2,1H3. The lowest BCUT2D eigenvalue weighted by molar-refractivity contribution is 0.178. The van der Waals surface area contributed by atoms with Crippen LogP contribution < -0.4 is 5.73 Å². The van der Waals surface area contributed by atoms with Crippen molar-refractivity contribution >= 4 is 0 Å². The van der Waals surface area contributed by atoms with Crippen molar-refractivity contribution in [1.29, 1.82) is 0 Å². The fraction of sp³-hybridized carbons (Fsp3) is 0.538. The van der Waals surface area contributed by atoms with E-state index >= 15 is 0 Å². The molecule has 0 bridgehead atoms. The maximum absolute atomic E-state index is 9.36. The first kappa shape index (κ1) is 11.4. The number of nitrogens with zero attached hydrogens (tertiary/aromatic N) is 1. The van der Waals surface area contributed by atoms with E-state index in [0.29, 0.717) is 11.8 Å². The number of phenolic OH excluding ortho intramolecular Hbond substituents is 1. The Balaban J connectivity index is 1.80. The van der Waals surface area contributed by atoms with Crippen LogP contribution in [0.15, 0.2) is 24.3 Å². The molecule has 1 aromatic rings. The number of phenols is 1. The Kier molecular flexibility index (Phi) is 3.46. The summed E-state index contributed by atoms with van der Waals surface area (Å²) in [6, 6.07) is 7.89. The van der Waals surface area contributed by atoms with Gasteiger partial charge in [0, 0.05) is 19.1 Å². The van der Waals surface area contributed by atoms with Crippen LogP contribution >= 0.6 is 0 Å². The maximum atomic E-state index is 9.36. The molecule has 0 spiro atoms. The Bertz CT molecular complexity index is 348. The lowest BCUT2D eigenvalue weighted by Crippen LogP contribution is -2.41. The van der Waals surface area contributed by atoms with Crippen LogP contribution in [0.3, 0.4) is 0 Å². The molecule has 1 fully saturated rings. The molecule has 0 unspecified atom stereocenters. The largest absolute Gasteiger partial charge is 0.508 e. The summed E-state index contributed by atoms with van der Waals surface area (Å²) in [6.45, 7) is 1.99. The van der Waals surface area contributed by atoms with Crippen molar-refractivity contribution in [2.24, 2.45) is 11.7 Å². The first-order valence-corrected chi connectivity index (χ1v) is 5.85. The third-order valence-electron chi connectivity index (χ3n) is 3.21. The number of benzene rings is 1. The van der Waals surface area contributed by atoms with E-state index in [4.69, 9.17) is 5.73 Å². The lowest BCUT2D eigenvalue weighted by atomic mass is 9.80. The van der Waals surface area contributed by atoms with Gasteiger partial charge in [-0.1, -0.05) is 12.1 Å². The molecule has 1 saturated carbocycles. The molecule has 0 aromatic heterocycles. The fourth-order valence-corrected chi connectivity index (χ4v) is 2.41. The van der Waals surface area contributed by atoms with E-state index in [0.717, 1.165) is 37.4 Å². The molecule has 3 nitrogen and oxygen atoms in total. The first-order chi connectivity index (χ1) is 7.63. The second-order valence-electron chi connectivity index (χ2n) is 4.96. The Hall–Kier alpha value is -1.06. The van der Waals surface area contributed by atoms with Crippen LogP contribution in [0, 0.1) is 5.92 Å². The highest BCUT2D eigenvalue weighted by atomic mass is 16.3. The predicted octanol–water partition coefficient (Wildman–Crippen LogP) is 1.56. The van der Waals surface area contributed by atoms with Gasteiger partial charge in [0.05, 0.1) is 0 Å². The molecule has 1 aliphatic rings. The molecule has 0 saturated heterocycles. The van der Waals surface area contributed by atoms with Crippen LogP contribution in [0.4, 0.5) is 0 Å². The van der Waals surface area contributed by atoms with Gasteiger partial charge in [-0.2, -0.15) is 0 Å². The summed E-state index contributed by atoms with van der Waals surface area (Å²) in [5.41, 5.74) is 6.92. The zero-order chi connectivity index (χ0) is 11.5. The minimum Gasteiger partial charge on any atom is -0.508 e. The van der Waals surface area contributed by atoms with Gasteiger partial charge < -0.3 is 15.7 Å². The number of hydrogen-bond donors (Lipinski definition) is 2. The van der Waals surface area contributed by atoms with Crippen LogP contribution in [-0.4, -0.2) is 29.6 Å². The van der Waals surface area contributed by atoms with Crippen LogP contribution in [-0.2, 0) is 6.54 Å². The zero-order valence-corrected chi connectivity index (χ0v) is 9.76. The summed E-state index contributed by atoms with van der Waals surface area (Å²) in [6.07, 6.45) is 2.31. The number of aromatic hydroxyl groups is 1. The number of nitrogens with two attached hydrogens (primary N) is 1. The van der Waals surface area contributed by atoms with Crippen molar-refractivity contribution in [2.45, 2.75) is 25.4 Å². The van der Waals surface area contributed by atoms with E-state index in [1.54, 1.807) is 6.07 Å². The molecule has 16 heavy (non-hydrogen) atoms. The predicted molar refractivity (Wildman–Crippen MR) is 65.1 cm³/mol. The molecule has 2 rings (SSSR count). The third kappa shape index (κ3) is 2.97. The Morgan fingerprint density at radius 3 is 2.81 bits per heavy atom. The normalized spacial score (nSPS) is 24.4. The summed E-state index contributed by atoms with van der Waals surface area (Å²) in [5.74, 6) is 1.11. The SMILES string of the molecule is CN(Cc1cccc(O)c1)CC1CC(N)C1. The van der Waals surface area contributed by atoms with Crippen molar-refractivity contribution in [3.05, 3.63) is 29.8 Å². The highest BCUT2D eigenvalue weighted by molar-refractivity contribution is 5.26. The van der Waals surface area contributed by atoms with E-state index in [9.17, 15) is 5.11 Å². The molecule has 88 valence electrons. The zero-order valence-electron chi connectivity index (χ0n) is 9.76. The molecule has 0 radical (unpaired) electrons. The Morgan fingerprint density at radius 2 is 2.19 bits per heavy atom. The third-order valence-corrected chi connectivity index (χ3v) is 3.21. The molecule has 0 heterocycles. The quantitative estimate of drug-likeness (QED) is 0.809. The molecule has 0 atom stereocenters. The lowest BCUT2D eigenvalue weighted by Gasteiger charge is -2.35. The molecular weight excluding hydrogens is 200 g/mol. The van der Waals surface area contributed by atoms with Crippen molar-refractivity contribution in [3.8, 4) is 5.75 Å². The molecule has 3 heteroatoms. The van der Waals surface area contributed by atoms with Gasteiger partial charge in [-0.05, 0) is 43.5 Å². The van der Waals surface area contributed by atoms with Crippen molar-refractivity contribution in [2.75, 3.05) is 13.6 Å². The first-order valence-electron chi connectivity index (χ1n) is 5.85. The minimum absolute atomic E-state index is 0.344. The van der Waals surface area contributed by atoms with Gasteiger partial charge in [-0.15, -0.1) is 0 Å². The van der Waals surface area contributed by atoms with E-state index in [1.165, 1.54) is 0 Å². The fourth-order valence-electron chi connectivity index (χ4n) is 2.41. The van der Waals surface area contributed by atoms with Gasteiger partial charge in [-0.3, -0.25) is 0 Å². The van der Waals surface area contributed by atoms with Gasteiger partial charge in [0.15, 0.2) is 0 Å². The minimum atomic E-state index is 0.344. The average Bonchev–Trinajstić information content (AvgIpc) is 2.15. The van der Waals surface area contributed by atoms with Crippen LogP contribution in [0.5, 0.6) is 5.75 Å². The average molecular weight is 220 g/mol. The van der Waals surface area contributed by atoms with Crippen LogP contribution in [0.25, 0.3) is 0 Å². The number of hydrogen-bond acceptors (Lipinski definition) is 3. The molecule has 3 N–H and O–H groups in total. The maximum Gasteiger partial charge on any atom is 0.115 e. The van der Waals surface area contributed by atoms with E-state index < -0.39 is 0 Å². The highest BCUT2D eigenvalue weighted by Crippen LogP contribution is 2.26. The summed E-state index contributed by atoms with van der Waals surface area (Å²) >= 11 is 0. The summed E-state index contributed by atoms with van der Waals surface area (Å²) in [4.78, 5) is 2.30. The van der Waals surface area contributed by atoms with Crippen LogP contribution in [0.2, 0.25) is 0 Å². The van der Waals surface area contributed by atoms with Crippen molar-refractivity contribution in [3.63, 3.8) is 0 Å². The Morgan fingerprint density at radius 1 is 1.44 bits per heavy atom. The van der Waals surface area contributed by atoms with E-state index in [2.05, 4.69) is 11.9 Å².